The molecule has 0 aromatic heterocycles. The molecular weight excluding hydrogens is 222 g/mol. The minimum atomic E-state index is -0.147. The molecule has 0 bridgehead atoms. The van der Waals surface area contributed by atoms with Gasteiger partial charge in [0.25, 0.3) is 0 Å². The van der Waals surface area contributed by atoms with Crippen molar-refractivity contribution in [1.82, 2.24) is 10.2 Å². The van der Waals surface area contributed by atoms with E-state index in [0.717, 1.165) is 12.8 Å². The zero-order valence-corrected chi connectivity index (χ0v) is 10.4. The van der Waals surface area contributed by atoms with Gasteiger partial charge in [0.2, 0.25) is 11.8 Å². The van der Waals surface area contributed by atoms with E-state index in [4.69, 9.17) is 10.5 Å². The van der Waals surface area contributed by atoms with Gasteiger partial charge in [0.1, 0.15) is 0 Å². The van der Waals surface area contributed by atoms with Crippen LogP contribution in [0.2, 0.25) is 0 Å². The molecule has 1 aliphatic rings. The monoisotopic (exact) mass is 243 g/mol. The highest BCUT2D eigenvalue weighted by molar-refractivity contribution is 5.87. The highest BCUT2D eigenvalue weighted by atomic mass is 16.5. The molecule has 0 radical (unpaired) electrons. The lowest BCUT2D eigenvalue weighted by Crippen LogP contribution is -2.40. The quantitative estimate of drug-likeness (QED) is 0.558. The van der Waals surface area contributed by atoms with E-state index in [1.54, 1.807) is 14.2 Å². The molecule has 17 heavy (non-hydrogen) atoms. The number of hydrogen-bond donors (Lipinski definition) is 2. The standard InChI is InChI=1S/C11H21N3O3/c1-14(11(16)8-6-9(8)12)7-10(15)13-4-3-5-17-2/h8-9H,3-7,12H2,1-2H3,(H,13,15). The molecular formula is C11H21N3O3. The second-order valence-electron chi connectivity index (χ2n) is 4.40. The van der Waals surface area contributed by atoms with Crippen molar-refractivity contribution in [3.63, 3.8) is 0 Å². The summed E-state index contributed by atoms with van der Waals surface area (Å²) in [5.41, 5.74) is 5.59. The Morgan fingerprint density at radius 2 is 2.18 bits per heavy atom. The van der Waals surface area contributed by atoms with Crippen LogP contribution in [-0.2, 0) is 14.3 Å². The van der Waals surface area contributed by atoms with Crippen molar-refractivity contribution < 1.29 is 14.3 Å². The Balaban J connectivity index is 2.14. The Labute approximate surface area is 101 Å². The van der Waals surface area contributed by atoms with Crippen LogP contribution in [0, 0.1) is 5.92 Å². The van der Waals surface area contributed by atoms with Crippen LogP contribution in [0.25, 0.3) is 0 Å². The lowest BCUT2D eigenvalue weighted by atomic mass is 10.3. The fraction of sp³-hybridized carbons (Fsp3) is 0.818. The number of likely N-dealkylation sites (N-methyl/N-ethyl adjacent to an activating group) is 1. The van der Waals surface area contributed by atoms with E-state index >= 15 is 0 Å². The third kappa shape index (κ3) is 4.70. The zero-order chi connectivity index (χ0) is 12.8. The first-order valence-corrected chi connectivity index (χ1v) is 5.82. The number of carbonyl (C=O) groups excluding carboxylic acids is 2. The van der Waals surface area contributed by atoms with Gasteiger partial charge >= 0.3 is 0 Å². The molecule has 1 rings (SSSR count). The van der Waals surface area contributed by atoms with Gasteiger partial charge in [-0.15, -0.1) is 0 Å². The molecule has 0 aromatic carbocycles. The van der Waals surface area contributed by atoms with Crippen LogP contribution in [0.5, 0.6) is 0 Å². The third-order valence-corrected chi connectivity index (χ3v) is 2.76. The molecule has 6 nitrogen and oxygen atoms in total. The van der Waals surface area contributed by atoms with Gasteiger partial charge in [0, 0.05) is 33.4 Å². The lowest BCUT2D eigenvalue weighted by Gasteiger charge is -2.16. The van der Waals surface area contributed by atoms with Gasteiger partial charge in [0.15, 0.2) is 0 Å². The molecule has 0 heterocycles. The van der Waals surface area contributed by atoms with Crippen LogP contribution in [0.1, 0.15) is 12.8 Å². The fourth-order valence-electron chi connectivity index (χ4n) is 1.58. The predicted molar refractivity (Wildman–Crippen MR) is 63.2 cm³/mol. The van der Waals surface area contributed by atoms with Gasteiger partial charge in [0.05, 0.1) is 12.5 Å². The highest BCUT2D eigenvalue weighted by Crippen LogP contribution is 2.29. The Bertz CT molecular complexity index is 283. The van der Waals surface area contributed by atoms with Crippen molar-refractivity contribution in [2.24, 2.45) is 11.7 Å². The molecule has 98 valence electrons. The van der Waals surface area contributed by atoms with Gasteiger partial charge in [-0.2, -0.15) is 0 Å². The number of hydrogen-bond acceptors (Lipinski definition) is 4. The fourth-order valence-corrected chi connectivity index (χ4v) is 1.58. The maximum atomic E-state index is 11.7. The number of carbonyl (C=O) groups is 2. The topological polar surface area (TPSA) is 84.7 Å². The van der Waals surface area contributed by atoms with Gasteiger partial charge < -0.3 is 20.7 Å². The van der Waals surface area contributed by atoms with E-state index in [1.165, 1.54) is 4.90 Å². The second-order valence-corrected chi connectivity index (χ2v) is 4.40. The summed E-state index contributed by atoms with van der Waals surface area (Å²) in [5.74, 6) is -0.267. The zero-order valence-electron chi connectivity index (χ0n) is 10.4. The molecule has 0 aliphatic heterocycles. The molecule has 2 amide bonds. The minimum absolute atomic E-state index is 0.0188. The Kier molecular flexibility index (Phi) is 5.37. The summed E-state index contributed by atoms with van der Waals surface area (Å²) in [6.07, 6.45) is 1.51. The first-order chi connectivity index (χ1) is 8.06. The van der Waals surface area contributed by atoms with Crippen molar-refractivity contribution in [2.75, 3.05) is 33.9 Å². The lowest BCUT2D eigenvalue weighted by molar-refractivity contribution is -0.135. The molecule has 2 atom stereocenters. The Hall–Kier alpha value is -1.14. The van der Waals surface area contributed by atoms with Crippen LogP contribution in [0.3, 0.4) is 0 Å². The van der Waals surface area contributed by atoms with E-state index < -0.39 is 0 Å². The maximum absolute atomic E-state index is 11.7. The largest absolute Gasteiger partial charge is 0.385 e. The molecule has 0 aromatic rings. The number of amides is 2. The summed E-state index contributed by atoms with van der Waals surface area (Å²) >= 11 is 0. The average molecular weight is 243 g/mol. The summed E-state index contributed by atoms with van der Waals surface area (Å²) in [7, 11) is 3.25. The third-order valence-electron chi connectivity index (χ3n) is 2.76. The molecule has 3 N–H and O–H groups in total. The first kappa shape index (κ1) is 13.9. The molecule has 0 spiro atoms. The molecule has 1 aliphatic carbocycles. The van der Waals surface area contributed by atoms with Crippen molar-refractivity contribution >= 4 is 11.8 Å². The number of nitrogens with zero attached hydrogens (tertiary/aromatic N) is 1. The van der Waals surface area contributed by atoms with Crippen molar-refractivity contribution in [3.8, 4) is 0 Å². The summed E-state index contributed by atoms with van der Waals surface area (Å²) < 4.78 is 4.86. The number of nitrogens with two attached hydrogens (primary N) is 1. The van der Waals surface area contributed by atoms with Gasteiger partial charge in [-0.3, -0.25) is 9.59 Å². The van der Waals surface area contributed by atoms with Crippen LogP contribution in [0.4, 0.5) is 0 Å². The van der Waals surface area contributed by atoms with E-state index in [2.05, 4.69) is 5.32 Å². The average Bonchev–Trinajstić information content (AvgIpc) is 3.00. The second kappa shape index (κ2) is 6.56. The minimum Gasteiger partial charge on any atom is -0.385 e. The number of nitrogens with one attached hydrogen (secondary N) is 1. The summed E-state index contributed by atoms with van der Waals surface area (Å²) in [6.45, 7) is 1.28. The molecule has 2 unspecified atom stereocenters. The van der Waals surface area contributed by atoms with Crippen LogP contribution in [-0.4, -0.2) is 56.6 Å². The van der Waals surface area contributed by atoms with E-state index in [0.29, 0.717) is 13.2 Å². The summed E-state index contributed by atoms with van der Waals surface area (Å²) in [4.78, 5) is 24.6. The van der Waals surface area contributed by atoms with Gasteiger partial charge in [-0.25, -0.2) is 0 Å². The number of ether oxygens (including phenoxy) is 1. The smallest absolute Gasteiger partial charge is 0.239 e. The number of rotatable bonds is 7. The highest BCUT2D eigenvalue weighted by Gasteiger charge is 2.41. The van der Waals surface area contributed by atoms with Crippen molar-refractivity contribution in [1.29, 1.82) is 0 Å². The molecule has 1 saturated carbocycles. The van der Waals surface area contributed by atoms with Crippen molar-refractivity contribution in [2.45, 2.75) is 18.9 Å². The molecule has 1 fully saturated rings. The van der Waals surface area contributed by atoms with Crippen LogP contribution >= 0.6 is 0 Å². The Morgan fingerprint density at radius 1 is 1.53 bits per heavy atom. The van der Waals surface area contributed by atoms with Crippen molar-refractivity contribution in [3.05, 3.63) is 0 Å². The van der Waals surface area contributed by atoms with Crippen LogP contribution in [0.15, 0.2) is 0 Å². The summed E-state index contributed by atoms with van der Waals surface area (Å²) in [5, 5.41) is 2.73. The van der Waals surface area contributed by atoms with Gasteiger partial charge in [-0.05, 0) is 12.8 Å². The SMILES string of the molecule is COCCCNC(=O)CN(C)C(=O)C1CC1N. The first-order valence-electron chi connectivity index (χ1n) is 5.82. The van der Waals surface area contributed by atoms with E-state index in [-0.39, 0.29) is 30.3 Å². The maximum Gasteiger partial charge on any atom is 0.239 e. The molecule has 6 heteroatoms. The Morgan fingerprint density at radius 3 is 2.71 bits per heavy atom. The van der Waals surface area contributed by atoms with E-state index in [1.807, 2.05) is 0 Å². The number of methoxy groups -OCH3 is 1. The van der Waals surface area contributed by atoms with Crippen LogP contribution < -0.4 is 11.1 Å². The van der Waals surface area contributed by atoms with Gasteiger partial charge in [-0.1, -0.05) is 0 Å². The van der Waals surface area contributed by atoms with E-state index in [9.17, 15) is 9.59 Å². The predicted octanol–water partition coefficient (Wildman–Crippen LogP) is -1.06. The molecule has 0 saturated heterocycles. The summed E-state index contributed by atoms with van der Waals surface area (Å²) in [6, 6.07) is -0.0188. The normalized spacial score (nSPS) is 22.1.